The molecule has 1 aliphatic heterocycles. The summed E-state index contributed by atoms with van der Waals surface area (Å²) in [6.07, 6.45) is 4.29. The standard InChI is InChI=1S/C23H25N5O4S/c1-23(2)14-32-8-7-28(23)21-17(11-24)13-25-19-6-5-15(9-18(19)21)16-10-20(27-33(4,29)30)22(31-3)26-12-16/h5-6,9-10,12-13,27H,7-8,14H2,1-4H3. The maximum Gasteiger partial charge on any atom is 0.238 e. The van der Waals surface area contributed by atoms with Gasteiger partial charge >= 0.3 is 0 Å². The van der Waals surface area contributed by atoms with Crippen molar-refractivity contribution in [2.45, 2.75) is 19.4 Å². The summed E-state index contributed by atoms with van der Waals surface area (Å²) < 4.78 is 36.9. The van der Waals surface area contributed by atoms with Crippen molar-refractivity contribution in [3.63, 3.8) is 0 Å². The Morgan fingerprint density at radius 1 is 1.21 bits per heavy atom. The zero-order chi connectivity index (χ0) is 23.8. The molecule has 0 aliphatic carbocycles. The first-order valence-corrected chi connectivity index (χ1v) is 12.2. The second-order valence-corrected chi connectivity index (χ2v) is 10.3. The first kappa shape index (κ1) is 22.8. The summed E-state index contributed by atoms with van der Waals surface area (Å²) in [5, 5.41) is 10.7. The van der Waals surface area contributed by atoms with Gasteiger partial charge in [-0.3, -0.25) is 9.71 Å². The van der Waals surface area contributed by atoms with E-state index >= 15 is 0 Å². The van der Waals surface area contributed by atoms with E-state index in [1.165, 1.54) is 7.11 Å². The van der Waals surface area contributed by atoms with E-state index < -0.39 is 10.0 Å². The number of pyridine rings is 2. The lowest BCUT2D eigenvalue weighted by Gasteiger charge is -2.44. The molecule has 0 spiro atoms. The molecule has 1 aliphatic rings. The quantitative estimate of drug-likeness (QED) is 0.608. The van der Waals surface area contributed by atoms with Crippen LogP contribution in [0.4, 0.5) is 11.4 Å². The predicted molar refractivity (Wildman–Crippen MR) is 127 cm³/mol. The molecule has 0 atom stereocenters. The minimum atomic E-state index is -3.52. The summed E-state index contributed by atoms with van der Waals surface area (Å²) in [7, 11) is -2.09. The molecule has 0 saturated carbocycles. The van der Waals surface area contributed by atoms with Gasteiger partial charge in [0, 0.05) is 29.9 Å². The SMILES string of the molecule is COc1ncc(-c2ccc3ncc(C#N)c(N4CCOCC4(C)C)c3c2)cc1NS(C)(=O)=O. The van der Waals surface area contributed by atoms with Crippen molar-refractivity contribution < 1.29 is 17.9 Å². The van der Waals surface area contributed by atoms with Crippen LogP contribution in [-0.2, 0) is 14.8 Å². The second kappa shape index (κ2) is 8.50. The van der Waals surface area contributed by atoms with E-state index in [4.69, 9.17) is 9.47 Å². The van der Waals surface area contributed by atoms with Crippen molar-refractivity contribution in [1.29, 1.82) is 5.26 Å². The van der Waals surface area contributed by atoms with Gasteiger partial charge in [0.05, 0.1) is 48.9 Å². The zero-order valence-corrected chi connectivity index (χ0v) is 19.7. The summed E-state index contributed by atoms with van der Waals surface area (Å²) in [5.74, 6) is 0.175. The summed E-state index contributed by atoms with van der Waals surface area (Å²) in [6, 6.07) is 9.69. The molecule has 3 aromatic rings. The van der Waals surface area contributed by atoms with Crippen molar-refractivity contribution in [2.24, 2.45) is 0 Å². The van der Waals surface area contributed by atoms with Gasteiger partial charge < -0.3 is 14.4 Å². The van der Waals surface area contributed by atoms with Crippen molar-refractivity contribution >= 4 is 32.3 Å². The molecule has 4 rings (SSSR count). The normalized spacial score (nSPS) is 15.8. The summed E-state index contributed by atoms with van der Waals surface area (Å²) in [6.45, 7) is 5.93. The van der Waals surface area contributed by atoms with E-state index in [2.05, 4.69) is 39.5 Å². The third-order valence-corrected chi connectivity index (χ3v) is 6.14. The van der Waals surface area contributed by atoms with E-state index in [1.807, 2.05) is 18.2 Å². The van der Waals surface area contributed by atoms with Gasteiger partial charge in [-0.15, -0.1) is 0 Å². The lowest BCUT2D eigenvalue weighted by Crippen LogP contribution is -2.53. The van der Waals surface area contributed by atoms with Crippen LogP contribution in [0.25, 0.3) is 22.0 Å². The number of benzene rings is 1. The Labute approximate surface area is 193 Å². The molecule has 0 radical (unpaired) electrons. The van der Waals surface area contributed by atoms with Gasteiger partial charge in [0.15, 0.2) is 0 Å². The molecule has 1 saturated heterocycles. The average molecular weight is 468 g/mol. The highest BCUT2D eigenvalue weighted by Crippen LogP contribution is 2.38. The maximum absolute atomic E-state index is 11.8. The lowest BCUT2D eigenvalue weighted by molar-refractivity contribution is 0.0645. The number of hydrogen-bond donors (Lipinski definition) is 1. The van der Waals surface area contributed by atoms with Crippen LogP contribution in [0, 0.1) is 11.3 Å². The molecule has 2 aromatic heterocycles. The zero-order valence-electron chi connectivity index (χ0n) is 18.9. The van der Waals surface area contributed by atoms with Crippen LogP contribution in [-0.4, -0.2) is 57.0 Å². The van der Waals surface area contributed by atoms with E-state index in [-0.39, 0.29) is 17.1 Å². The first-order chi connectivity index (χ1) is 15.6. The Balaban J connectivity index is 1.90. The predicted octanol–water partition coefficient (Wildman–Crippen LogP) is 3.16. The Morgan fingerprint density at radius 3 is 2.67 bits per heavy atom. The van der Waals surface area contributed by atoms with Crippen LogP contribution in [0.2, 0.25) is 0 Å². The molecule has 0 amide bonds. The highest BCUT2D eigenvalue weighted by atomic mass is 32.2. The van der Waals surface area contributed by atoms with Gasteiger partial charge in [0.1, 0.15) is 11.8 Å². The number of nitriles is 1. The number of fused-ring (bicyclic) bond motifs is 1. The van der Waals surface area contributed by atoms with Crippen LogP contribution < -0.4 is 14.4 Å². The van der Waals surface area contributed by atoms with Gasteiger partial charge in [-0.2, -0.15) is 5.26 Å². The van der Waals surface area contributed by atoms with Gasteiger partial charge in [-0.1, -0.05) is 6.07 Å². The number of hydrogen-bond acceptors (Lipinski definition) is 8. The van der Waals surface area contributed by atoms with Crippen molar-refractivity contribution in [3.8, 4) is 23.1 Å². The molecule has 0 bridgehead atoms. The van der Waals surface area contributed by atoms with E-state index in [0.717, 1.165) is 28.4 Å². The number of aromatic nitrogens is 2. The molecular formula is C23H25N5O4S. The Hall–Kier alpha value is -3.42. The molecule has 10 heteroatoms. The average Bonchev–Trinajstić information content (AvgIpc) is 2.77. The number of nitrogens with one attached hydrogen (secondary N) is 1. The second-order valence-electron chi connectivity index (χ2n) is 8.54. The Kier molecular flexibility index (Phi) is 5.86. The van der Waals surface area contributed by atoms with E-state index in [0.29, 0.717) is 30.9 Å². The maximum atomic E-state index is 11.8. The van der Waals surface area contributed by atoms with Crippen LogP contribution in [0.3, 0.4) is 0 Å². The monoisotopic (exact) mass is 467 g/mol. The van der Waals surface area contributed by atoms with Gasteiger partial charge in [-0.25, -0.2) is 13.4 Å². The van der Waals surface area contributed by atoms with Crippen LogP contribution >= 0.6 is 0 Å². The number of nitrogens with zero attached hydrogens (tertiary/aromatic N) is 4. The lowest BCUT2D eigenvalue weighted by atomic mass is 9.96. The van der Waals surface area contributed by atoms with Crippen molar-refractivity contribution in [2.75, 3.05) is 42.7 Å². The highest BCUT2D eigenvalue weighted by molar-refractivity contribution is 7.92. The van der Waals surface area contributed by atoms with Crippen LogP contribution in [0.5, 0.6) is 5.88 Å². The molecular weight excluding hydrogens is 442 g/mol. The summed E-state index contributed by atoms with van der Waals surface area (Å²) >= 11 is 0. The molecule has 1 aromatic carbocycles. The van der Waals surface area contributed by atoms with Gasteiger partial charge in [-0.05, 0) is 37.6 Å². The van der Waals surface area contributed by atoms with Gasteiger partial charge in [0.2, 0.25) is 15.9 Å². The fraction of sp³-hybridized carbons (Fsp3) is 0.348. The Morgan fingerprint density at radius 2 is 2.00 bits per heavy atom. The van der Waals surface area contributed by atoms with Crippen LogP contribution in [0.1, 0.15) is 19.4 Å². The summed E-state index contributed by atoms with van der Waals surface area (Å²) in [4.78, 5) is 10.9. The molecule has 9 nitrogen and oxygen atoms in total. The smallest absolute Gasteiger partial charge is 0.238 e. The van der Waals surface area contributed by atoms with Crippen molar-refractivity contribution in [1.82, 2.24) is 9.97 Å². The number of sulfonamides is 1. The third kappa shape index (κ3) is 4.55. The minimum absolute atomic E-state index is 0.175. The van der Waals surface area contributed by atoms with Crippen molar-refractivity contribution in [3.05, 3.63) is 42.2 Å². The number of rotatable bonds is 5. The van der Waals surface area contributed by atoms with E-state index in [9.17, 15) is 13.7 Å². The highest BCUT2D eigenvalue weighted by Gasteiger charge is 2.33. The number of morpholine rings is 1. The minimum Gasteiger partial charge on any atom is -0.480 e. The number of ether oxygens (including phenoxy) is 2. The Bertz CT molecular complexity index is 1370. The number of methoxy groups -OCH3 is 1. The fourth-order valence-electron chi connectivity index (χ4n) is 4.05. The molecule has 1 N–H and O–H groups in total. The first-order valence-electron chi connectivity index (χ1n) is 10.3. The molecule has 172 valence electrons. The molecule has 1 fully saturated rings. The van der Waals surface area contributed by atoms with Gasteiger partial charge in [0.25, 0.3) is 0 Å². The summed E-state index contributed by atoms with van der Waals surface area (Å²) in [5.41, 5.74) is 3.50. The fourth-order valence-corrected chi connectivity index (χ4v) is 4.59. The van der Waals surface area contributed by atoms with E-state index in [1.54, 1.807) is 18.5 Å². The number of anilines is 2. The van der Waals surface area contributed by atoms with Crippen LogP contribution in [0.15, 0.2) is 36.7 Å². The molecule has 3 heterocycles. The third-order valence-electron chi connectivity index (χ3n) is 5.55. The largest absolute Gasteiger partial charge is 0.480 e. The molecule has 33 heavy (non-hydrogen) atoms. The molecule has 0 unspecified atom stereocenters. The topological polar surface area (TPSA) is 117 Å².